The minimum Gasteiger partial charge on any atom is -0.316 e. The third-order valence-corrected chi connectivity index (χ3v) is 5.02. The quantitative estimate of drug-likeness (QED) is 0.447. The monoisotopic (exact) mass is 365 g/mol. The first-order chi connectivity index (χ1) is 12.4. The van der Waals surface area contributed by atoms with Crippen LogP contribution >= 0.6 is 0 Å². The maximum atomic E-state index is 13.3. The van der Waals surface area contributed by atoms with E-state index in [1.807, 2.05) is 24.3 Å². The van der Waals surface area contributed by atoms with Crippen LogP contribution in [0.5, 0.6) is 0 Å². The topological polar surface area (TPSA) is 26.0 Å². The van der Waals surface area contributed by atoms with E-state index in [1.165, 1.54) is 32.1 Å². The van der Waals surface area contributed by atoms with Gasteiger partial charge in [-0.15, -0.1) is 0 Å². The highest BCUT2D eigenvalue weighted by atomic mass is 19.4. The Morgan fingerprint density at radius 3 is 2.12 bits per heavy atom. The van der Waals surface area contributed by atoms with E-state index in [1.54, 1.807) is 12.1 Å². The van der Waals surface area contributed by atoms with Gasteiger partial charge in [0.05, 0.1) is 0 Å². The molecule has 0 unspecified atom stereocenters. The maximum absolute atomic E-state index is 13.3. The third-order valence-electron chi connectivity index (χ3n) is 5.02. The first kappa shape index (κ1) is 20.8. The SMILES string of the molecule is CCCCCCCCCCc1ccc2ccccc2c1[C@H](N)C(F)(F)F. The molecule has 0 amide bonds. The molecule has 0 aliphatic heterocycles. The van der Waals surface area contributed by atoms with Crippen molar-refractivity contribution in [1.29, 1.82) is 0 Å². The molecular weight excluding hydrogens is 335 g/mol. The summed E-state index contributed by atoms with van der Waals surface area (Å²) in [7, 11) is 0. The molecule has 0 saturated carbocycles. The fourth-order valence-electron chi connectivity index (χ4n) is 3.54. The molecule has 144 valence electrons. The van der Waals surface area contributed by atoms with E-state index in [0.29, 0.717) is 11.8 Å². The van der Waals surface area contributed by atoms with Crippen LogP contribution in [0, 0.1) is 0 Å². The highest BCUT2D eigenvalue weighted by molar-refractivity contribution is 5.87. The molecule has 0 spiro atoms. The van der Waals surface area contributed by atoms with Crippen molar-refractivity contribution in [2.24, 2.45) is 5.73 Å². The van der Waals surface area contributed by atoms with Gasteiger partial charge in [-0.05, 0) is 34.7 Å². The molecule has 0 saturated heterocycles. The molecule has 2 aromatic rings. The fourth-order valence-corrected chi connectivity index (χ4v) is 3.54. The molecule has 2 N–H and O–H groups in total. The van der Waals surface area contributed by atoms with E-state index in [9.17, 15) is 13.2 Å². The van der Waals surface area contributed by atoms with Crippen molar-refractivity contribution in [3.8, 4) is 0 Å². The van der Waals surface area contributed by atoms with Crippen molar-refractivity contribution in [3.63, 3.8) is 0 Å². The van der Waals surface area contributed by atoms with Gasteiger partial charge >= 0.3 is 6.18 Å². The molecule has 0 radical (unpaired) electrons. The van der Waals surface area contributed by atoms with Gasteiger partial charge in [0.1, 0.15) is 6.04 Å². The van der Waals surface area contributed by atoms with Crippen molar-refractivity contribution < 1.29 is 13.2 Å². The smallest absolute Gasteiger partial charge is 0.316 e. The Hall–Kier alpha value is -1.55. The summed E-state index contributed by atoms with van der Waals surface area (Å²) in [6.45, 7) is 2.20. The summed E-state index contributed by atoms with van der Waals surface area (Å²) >= 11 is 0. The lowest BCUT2D eigenvalue weighted by Crippen LogP contribution is -2.29. The van der Waals surface area contributed by atoms with E-state index in [0.717, 1.165) is 30.2 Å². The number of benzene rings is 2. The van der Waals surface area contributed by atoms with Crippen molar-refractivity contribution in [2.45, 2.75) is 76.9 Å². The zero-order valence-corrected chi connectivity index (χ0v) is 15.6. The Morgan fingerprint density at radius 1 is 0.846 bits per heavy atom. The summed E-state index contributed by atoms with van der Waals surface area (Å²) in [5, 5.41) is 1.43. The number of aryl methyl sites for hydroxylation is 1. The van der Waals surface area contributed by atoms with Crippen LogP contribution in [0.1, 0.15) is 75.5 Å². The summed E-state index contributed by atoms with van der Waals surface area (Å²) in [4.78, 5) is 0. The van der Waals surface area contributed by atoms with Crippen LogP contribution in [0.2, 0.25) is 0 Å². The van der Waals surface area contributed by atoms with E-state index >= 15 is 0 Å². The zero-order chi connectivity index (χ0) is 19.0. The molecule has 0 bridgehead atoms. The molecule has 0 fully saturated rings. The molecule has 1 atom stereocenters. The Balaban J connectivity index is 2.05. The van der Waals surface area contributed by atoms with Crippen LogP contribution in [-0.2, 0) is 6.42 Å². The van der Waals surface area contributed by atoms with Crippen LogP contribution in [0.3, 0.4) is 0 Å². The van der Waals surface area contributed by atoms with Crippen LogP contribution in [0.25, 0.3) is 10.8 Å². The number of nitrogens with two attached hydrogens (primary N) is 1. The summed E-state index contributed by atoms with van der Waals surface area (Å²) in [6, 6.07) is 8.98. The van der Waals surface area contributed by atoms with Gasteiger partial charge in [-0.25, -0.2) is 0 Å². The molecule has 2 aromatic carbocycles. The molecule has 1 nitrogen and oxygen atoms in total. The summed E-state index contributed by atoms with van der Waals surface area (Å²) < 4.78 is 39.9. The lowest BCUT2D eigenvalue weighted by molar-refractivity contribution is -0.149. The largest absolute Gasteiger partial charge is 0.407 e. The molecule has 0 heterocycles. The Labute approximate surface area is 154 Å². The van der Waals surface area contributed by atoms with Crippen molar-refractivity contribution in [3.05, 3.63) is 47.5 Å². The molecule has 0 aliphatic rings. The molecule has 26 heavy (non-hydrogen) atoms. The number of halogens is 3. The lowest BCUT2D eigenvalue weighted by atomic mass is 9.90. The minimum atomic E-state index is -4.43. The van der Waals surface area contributed by atoms with Gasteiger partial charge in [-0.3, -0.25) is 0 Å². The van der Waals surface area contributed by atoms with E-state index < -0.39 is 12.2 Å². The zero-order valence-electron chi connectivity index (χ0n) is 15.6. The number of unbranched alkanes of at least 4 members (excludes halogenated alkanes) is 7. The molecule has 0 aliphatic carbocycles. The van der Waals surface area contributed by atoms with Gasteiger partial charge in [0.2, 0.25) is 0 Å². The first-order valence-corrected chi connectivity index (χ1v) is 9.78. The highest BCUT2D eigenvalue weighted by Crippen LogP contribution is 2.37. The summed E-state index contributed by atoms with van der Waals surface area (Å²) in [5.74, 6) is 0. The number of rotatable bonds is 10. The van der Waals surface area contributed by atoms with Crippen LogP contribution in [0.15, 0.2) is 36.4 Å². The molecule has 0 aromatic heterocycles. The van der Waals surface area contributed by atoms with Crippen LogP contribution in [-0.4, -0.2) is 6.18 Å². The Morgan fingerprint density at radius 2 is 1.46 bits per heavy atom. The number of fused-ring (bicyclic) bond motifs is 1. The molecular formula is C22H30F3N. The van der Waals surface area contributed by atoms with Gasteiger partial charge in [0, 0.05) is 0 Å². The van der Waals surface area contributed by atoms with Crippen LogP contribution < -0.4 is 5.73 Å². The number of hydrogen-bond donors (Lipinski definition) is 1. The second-order valence-corrected chi connectivity index (χ2v) is 7.10. The number of hydrogen-bond acceptors (Lipinski definition) is 1. The van der Waals surface area contributed by atoms with Crippen molar-refractivity contribution in [1.82, 2.24) is 0 Å². The number of alkyl halides is 3. The predicted molar refractivity (Wildman–Crippen MR) is 103 cm³/mol. The van der Waals surface area contributed by atoms with E-state index in [4.69, 9.17) is 5.73 Å². The first-order valence-electron chi connectivity index (χ1n) is 9.78. The van der Waals surface area contributed by atoms with Crippen LogP contribution in [0.4, 0.5) is 13.2 Å². The standard InChI is InChI=1S/C22H30F3N/c1-2-3-4-5-6-7-8-9-13-18-16-15-17-12-10-11-14-19(17)20(18)21(26)22(23,24)25/h10-12,14-16,21H,2-9,13,26H2,1H3/t21-/m0/s1. The van der Waals surface area contributed by atoms with E-state index in [-0.39, 0.29) is 5.56 Å². The van der Waals surface area contributed by atoms with Crippen molar-refractivity contribution in [2.75, 3.05) is 0 Å². The average Bonchev–Trinajstić information content (AvgIpc) is 2.62. The van der Waals surface area contributed by atoms with Gasteiger partial charge in [0.15, 0.2) is 0 Å². The van der Waals surface area contributed by atoms with Crippen molar-refractivity contribution >= 4 is 10.8 Å². The summed E-state index contributed by atoms with van der Waals surface area (Å²) in [6.07, 6.45) is 5.62. The fraction of sp³-hybridized carbons (Fsp3) is 0.545. The highest BCUT2D eigenvalue weighted by Gasteiger charge is 2.39. The third kappa shape index (κ3) is 5.73. The maximum Gasteiger partial charge on any atom is 0.407 e. The normalized spacial score (nSPS) is 13.3. The second kappa shape index (κ2) is 9.96. The predicted octanol–water partition coefficient (Wildman–Crippen LogP) is 7.09. The van der Waals surface area contributed by atoms with Gasteiger partial charge in [-0.2, -0.15) is 13.2 Å². The Kier molecular flexibility index (Phi) is 7.95. The van der Waals surface area contributed by atoms with Gasteiger partial charge < -0.3 is 5.73 Å². The van der Waals surface area contributed by atoms with E-state index in [2.05, 4.69) is 6.92 Å². The minimum absolute atomic E-state index is 0.249. The summed E-state index contributed by atoms with van der Waals surface area (Å²) in [5.41, 5.74) is 6.60. The molecule has 2 rings (SSSR count). The Bertz CT molecular complexity index is 679. The lowest BCUT2D eigenvalue weighted by Gasteiger charge is -2.21. The second-order valence-electron chi connectivity index (χ2n) is 7.10. The average molecular weight is 365 g/mol. The molecule has 4 heteroatoms. The van der Waals surface area contributed by atoms with Gasteiger partial charge in [0.25, 0.3) is 0 Å². The van der Waals surface area contributed by atoms with Gasteiger partial charge in [-0.1, -0.05) is 88.3 Å².